The van der Waals surface area contributed by atoms with E-state index in [1.54, 1.807) is 0 Å². The summed E-state index contributed by atoms with van der Waals surface area (Å²) < 4.78 is 21.1. The van der Waals surface area contributed by atoms with Crippen LogP contribution in [-0.4, -0.2) is 27.0 Å². The first-order chi connectivity index (χ1) is 4.56. The zero-order chi connectivity index (χ0) is 8.04. The standard InChI is InChI=1S/C6H15NO2S/c1-10(8,9)6-4-2-3-5-7/h2-7H2,1H3. The Kier molecular flexibility index (Phi) is 4.64. The van der Waals surface area contributed by atoms with Crippen molar-refractivity contribution in [2.45, 2.75) is 19.3 Å². The van der Waals surface area contributed by atoms with Crippen LogP contribution in [0.3, 0.4) is 0 Å². The van der Waals surface area contributed by atoms with E-state index >= 15 is 0 Å². The summed E-state index contributed by atoms with van der Waals surface area (Å²) in [6, 6.07) is 0. The number of hydrogen-bond donors (Lipinski definition) is 1. The van der Waals surface area contributed by atoms with E-state index in [0.717, 1.165) is 19.3 Å². The van der Waals surface area contributed by atoms with Gasteiger partial charge in [-0.05, 0) is 19.4 Å². The molecule has 0 spiro atoms. The van der Waals surface area contributed by atoms with E-state index < -0.39 is 9.84 Å². The topological polar surface area (TPSA) is 60.2 Å². The van der Waals surface area contributed by atoms with Crippen LogP contribution in [0.5, 0.6) is 0 Å². The van der Waals surface area contributed by atoms with Gasteiger partial charge in [0.1, 0.15) is 9.84 Å². The molecule has 0 aromatic carbocycles. The monoisotopic (exact) mass is 165 g/mol. The third-order valence-corrected chi connectivity index (χ3v) is 2.25. The van der Waals surface area contributed by atoms with Gasteiger partial charge in [0.05, 0.1) is 0 Å². The van der Waals surface area contributed by atoms with E-state index in [-0.39, 0.29) is 0 Å². The molecule has 0 atom stereocenters. The van der Waals surface area contributed by atoms with Crippen LogP contribution < -0.4 is 5.73 Å². The average molecular weight is 165 g/mol. The summed E-state index contributed by atoms with van der Waals surface area (Å²) >= 11 is 0. The molecule has 0 aromatic heterocycles. The minimum Gasteiger partial charge on any atom is -0.330 e. The number of sulfone groups is 1. The summed E-state index contributed by atoms with van der Waals surface area (Å²) in [5, 5.41) is 0. The highest BCUT2D eigenvalue weighted by atomic mass is 32.2. The molecule has 0 saturated carbocycles. The van der Waals surface area contributed by atoms with Crippen LogP contribution >= 0.6 is 0 Å². The summed E-state index contributed by atoms with van der Waals surface area (Å²) in [6.07, 6.45) is 3.85. The van der Waals surface area contributed by atoms with Crippen molar-refractivity contribution in [1.82, 2.24) is 0 Å². The molecule has 0 bridgehead atoms. The van der Waals surface area contributed by atoms with Crippen LogP contribution in [-0.2, 0) is 9.84 Å². The largest absolute Gasteiger partial charge is 0.330 e. The predicted molar refractivity (Wildman–Crippen MR) is 42.6 cm³/mol. The lowest BCUT2D eigenvalue weighted by molar-refractivity contribution is 0.595. The maximum Gasteiger partial charge on any atom is 0.147 e. The normalized spacial score (nSPS) is 11.8. The second-order valence-corrected chi connectivity index (χ2v) is 4.74. The number of rotatable bonds is 5. The van der Waals surface area contributed by atoms with Gasteiger partial charge < -0.3 is 5.73 Å². The van der Waals surface area contributed by atoms with E-state index in [0.29, 0.717) is 12.3 Å². The molecule has 2 N–H and O–H groups in total. The van der Waals surface area contributed by atoms with Crippen LogP contribution in [0.1, 0.15) is 19.3 Å². The quantitative estimate of drug-likeness (QED) is 0.590. The molecule has 0 aliphatic carbocycles. The van der Waals surface area contributed by atoms with Crippen LogP contribution in [0.15, 0.2) is 0 Å². The number of hydrogen-bond acceptors (Lipinski definition) is 3. The smallest absolute Gasteiger partial charge is 0.147 e. The fourth-order valence-electron chi connectivity index (χ4n) is 0.685. The molecule has 0 fully saturated rings. The number of nitrogens with two attached hydrogens (primary N) is 1. The van der Waals surface area contributed by atoms with Crippen LogP contribution in [0.4, 0.5) is 0 Å². The molecule has 10 heavy (non-hydrogen) atoms. The first-order valence-corrected chi connectivity index (χ1v) is 5.50. The molecule has 0 amide bonds. The van der Waals surface area contributed by atoms with Gasteiger partial charge in [-0.2, -0.15) is 0 Å². The molecule has 0 aliphatic heterocycles. The Hall–Kier alpha value is -0.0900. The van der Waals surface area contributed by atoms with Crippen molar-refractivity contribution in [2.75, 3.05) is 18.6 Å². The van der Waals surface area contributed by atoms with Crippen molar-refractivity contribution in [2.24, 2.45) is 5.73 Å². The lowest BCUT2D eigenvalue weighted by atomic mass is 10.2. The van der Waals surface area contributed by atoms with Crippen molar-refractivity contribution in [3.8, 4) is 0 Å². The lowest BCUT2D eigenvalue weighted by Crippen LogP contribution is -2.04. The second kappa shape index (κ2) is 4.68. The maximum absolute atomic E-state index is 10.6. The Labute approximate surface area is 62.5 Å². The highest BCUT2D eigenvalue weighted by Gasteiger charge is 1.99. The van der Waals surface area contributed by atoms with Crippen molar-refractivity contribution >= 4 is 9.84 Å². The molecule has 0 rings (SSSR count). The van der Waals surface area contributed by atoms with Crippen LogP contribution in [0, 0.1) is 0 Å². The van der Waals surface area contributed by atoms with Crippen molar-refractivity contribution < 1.29 is 8.42 Å². The Morgan fingerprint density at radius 3 is 2.20 bits per heavy atom. The summed E-state index contributed by atoms with van der Waals surface area (Å²) in [5.74, 6) is 0.299. The molecule has 0 aromatic rings. The molecule has 0 unspecified atom stereocenters. The molecule has 4 heteroatoms. The minimum atomic E-state index is -2.75. The van der Waals surface area contributed by atoms with Crippen molar-refractivity contribution in [3.63, 3.8) is 0 Å². The predicted octanol–water partition coefficient (Wildman–Crippen LogP) is 0.160. The van der Waals surface area contributed by atoms with Gasteiger partial charge >= 0.3 is 0 Å². The third kappa shape index (κ3) is 7.91. The summed E-state index contributed by atoms with van der Waals surface area (Å²) in [6.45, 7) is 0.657. The Bertz CT molecular complexity index is 163. The van der Waals surface area contributed by atoms with Gasteiger partial charge in [-0.15, -0.1) is 0 Å². The molecule has 0 radical (unpaired) electrons. The van der Waals surface area contributed by atoms with Gasteiger partial charge in [0.25, 0.3) is 0 Å². The minimum absolute atomic E-state index is 0.299. The van der Waals surface area contributed by atoms with Gasteiger partial charge in [0, 0.05) is 12.0 Å². The molecule has 0 saturated heterocycles. The highest BCUT2D eigenvalue weighted by molar-refractivity contribution is 7.90. The van der Waals surface area contributed by atoms with E-state index in [9.17, 15) is 8.42 Å². The molecule has 0 aliphatic rings. The average Bonchev–Trinajstić information content (AvgIpc) is 1.78. The molecular weight excluding hydrogens is 150 g/mol. The summed E-state index contributed by atoms with van der Waals surface area (Å²) in [5.41, 5.74) is 5.23. The molecule has 0 heterocycles. The third-order valence-electron chi connectivity index (χ3n) is 1.22. The van der Waals surface area contributed by atoms with Crippen LogP contribution in [0.2, 0.25) is 0 Å². The first-order valence-electron chi connectivity index (χ1n) is 3.44. The van der Waals surface area contributed by atoms with Gasteiger partial charge in [-0.1, -0.05) is 6.42 Å². The van der Waals surface area contributed by atoms with Gasteiger partial charge in [-0.25, -0.2) is 8.42 Å². The number of unbranched alkanes of at least 4 members (excludes halogenated alkanes) is 2. The van der Waals surface area contributed by atoms with Crippen molar-refractivity contribution in [1.29, 1.82) is 0 Å². The SMILES string of the molecule is CS(=O)(=O)CCCCCN. The Balaban J connectivity index is 3.21. The summed E-state index contributed by atoms with van der Waals surface area (Å²) in [4.78, 5) is 0. The van der Waals surface area contributed by atoms with E-state index in [4.69, 9.17) is 5.73 Å². The Morgan fingerprint density at radius 2 is 1.80 bits per heavy atom. The van der Waals surface area contributed by atoms with Gasteiger partial charge in [0.2, 0.25) is 0 Å². The van der Waals surface area contributed by atoms with Gasteiger partial charge in [-0.3, -0.25) is 0 Å². The van der Waals surface area contributed by atoms with Crippen LogP contribution in [0.25, 0.3) is 0 Å². The van der Waals surface area contributed by atoms with Crippen molar-refractivity contribution in [3.05, 3.63) is 0 Å². The summed E-state index contributed by atoms with van der Waals surface area (Å²) in [7, 11) is -2.75. The molecule has 62 valence electrons. The lowest BCUT2D eigenvalue weighted by Gasteiger charge is -1.96. The zero-order valence-corrected chi connectivity index (χ0v) is 7.15. The van der Waals surface area contributed by atoms with Gasteiger partial charge in [0.15, 0.2) is 0 Å². The maximum atomic E-state index is 10.6. The Morgan fingerprint density at radius 1 is 1.20 bits per heavy atom. The molecular formula is C6H15NO2S. The van der Waals surface area contributed by atoms with E-state index in [1.807, 2.05) is 0 Å². The fraction of sp³-hybridized carbons (Fsp3) is 1.00. The molecule has 3 nitrogen and oxygen atoms in total. The zero-order valence-electron chi connectivity index (χ0n) is 6.34. The second-order valence-electron chi connectivity index (χ2n) is 2.48. The highest BCUT2D eigenvalue weighted by Crippen LogP contribution is 1.96. The van der Waals surface area contributed by atoms with E-state index in [2.05, 4.69) is 0 Å². The first kappa shape index (κ1) is 9.91. The van der Waals surface area contributed by atoms with E-state index in [1.165, 1.54) is 6.26 Å². The fourth-order valence-corrected chi connectivity index (χ4v) is 1.41.